The molecule has 0 saturated heterocycles. The van der Waals surface area contributed by atoms with Crippen molar-refractivity contribution in [3.63, 3.8) is 0 Å². The summed E-state index contributed by atoms with van der Waals surface area (Å²) in [7, 11) is 0. The second-order valence-electron chi connectivity index (χ2n) is 3.68. The molecule has 0 spiro atoms. The van der Waals surface area contributed by atoms with E-state index in [2.05, 4.69) is 4.98 Å². The topological polar surface area (TPSA) is 47.3 Å². The molecular weight excluding hydrogens is 223 g/mol. The van der Waals surface area contributed by atoms with Crippen LogP contribution in [0.5, 0.6) is 5.75 Å². The maximum atomic E-state index is 12.6. The Morgan fingerprint density at radius 2 is 2.12 bits per heavy atom. The molecule has 1 heterocycles. The molecule has 5 heteroatoms. The van der Waals surface area contributed by atoms with Gasteiger partial charge in [-0.25, -0.2) is 9.37 Å². The van der Waals surface area contributed by atoms with Crippen LogP contribution in [0, 0.1) is 5.82 Å². The van der Waals surface area contributed by atoms with Crippen LogP contribution in [0.25, 0.3) is 0 Å². The quantitative estimate of drug-likeness (QED) is 0.855. The molecule has 90 valence electrons. The summed E-state index contributed by atoms with van der Waals surface area (Å²) < 4.78 is 19.7. The third-order valence-electron chi connectivity index (χ3n) is 2.24. The molecule has 0 fully saturated rings. The lowest BCUT2D eigenvalue weighted by atomic mass is 10.3. The Morgan fingerprint density at radius 1 is 1.35 bits per heavy atom. The first kappa shape index (κ1) is 11.6. The van der Waals surface area contributed by atoms with Gasteiger partial charge in [-0.2, -0.15) is 0 Å². The molecular formula is C12H13FN2O2. The largest absolute Gasteiger partial charge is 0.491 e. The molecule has 2 rings (SSSR count). The lowest BCUT2D eigenvalue weighted by Gasteiger charge is -2.12. The van der Waals surface area contributed by atoms with Crippen LogP contribution < -0.4 is 4.74 Å². The number of aliphatic hydroxyl groups is 1. The molecule has 0 amide bonds. The van der Waals surface area contributed by atoms with E-state index < -0.39 is 6.10 Å². The molecule has 0 radical (unpaired) electrons. The Morgan fingerprint density at radius 3 is 2.76 bits per heavy atom. The summed E-state index contributed by atoms with van der Waals surface area (Å²) in [6, 6.07) is 5.69. The van der Waals surface area contributed by atoms with Gasteiger partial charge in [0.2, 0.25) is 0 Å². The average Bonchev–Trinajstić information content (AvgIpc) is 2.81. The Balaban J connectivity index is 1.79. The normalized spacial score (nSPS) is 12.4. The maximum absolute atomic E-state index is 12.6. The predicted molar refractivity (Wildman–Crippen MR) is 60.1 cm³/mol. The third-order valence-corrected chi connectivity index (χ3v) is 2.24. The van der Waals surface area contributed by atoms with E-state index in [-0.39, 0.29) is 12.4 Å². The molecule has 1 N–H and O–H groups in total. The van der Waals surface area contributed by atoms with Crippen molar-refractivity contribution in [1.29, 1.82) is 0 Å². The number of imidazole rings is 1. The first-order valence-corrected chi connectivity index (χ1v) is 5.26. The first-order chi connectivity index (χ1) is 8.24. The smallest absolute Gasteiger partial charge is 0.123 e. The number of aromatic nitrogens is 2. The second-order valence-corrected chi connectivity index (χ2v) is 3.68. The summed E-state index contributed by atoms with van der Waals surface area (Å²) in [5, 5.41) is 9.69. The van der Waals surface area contributed by atoms with Crippen molar-refractivity contribution in [2.75, 3.05) is 6.61 Å². The molecule has 0 bridgehead atoms. The molecule has 0 aliphatic carbocycles. The summed E-state index contributed by atoms with van der Waals surface area (Å²) in [5.41, 5.74) is 0. The van der Waals surface area contributed by atoms with E-state index in [1.165, 1.54) is 24.3 Å². The number of halogens is 1. The van der Waals surface area contributed by atoms with Crippen molar-refractivity contribution in [2.45, 2.75) is 12.6 Å². The number of aliphatic hydroxyl groups excluding tert-OH is 1. The third kappa shape index (κ3) is 3.57. The van der Waals surface area contributed by atoms with Gasteiger partial charge in [0.25, 0.3) is 0 Å². The van der Waals surface area contributed by atoms with Gasteiger partial charge in [-0.05, 0) is 24.3 Å². The molecule has 4 nitrogen and oxygen atoms in total. The van der Waals surface area contributed by atoms with Gasteiger partial charge in [-0.3, -0.25) is 0 Å². The average molecular weight is 236 g/mol. The van der Waals surface area contributed by atoms with Gasteiger partial charge < -0.3 is 14.4 Å². The number of nitrogens with zero attached hydrogens (tertiary/aromatic N) is 2. The van der Waals surface area contributed by atoms with Gasteiger partial charge in [0.1, 0.15) is 24.3 Å². The summed E-state index contributed by atoms with van der Waals surface area (Å²) in [4.78, 5) is 3.87. The molecule has 0 aliphatic heterocycles. The summed E-state index contributed by atoms with van der Waals surface area (Å²) in [6.45, 7) is 0.574. The number of hydrogen-bond acceptors (Lipinski definition) is 3. The molecule has 0 saturated carbocycles. The SMILES string of the molecule is O[C@H](COc1ccc(F)cc1)Cn1ccnc1. The lowest BCUT2D eigenvalue weighted by molar-refractivity contribution is 0.0924. The van der Waals surface area contributed by atoms with Crippen molar-refractivity contribution in [3.8, 4) is 5.75 Å². The molecule has 1 atom stereocenters. The number of benzene rings is 1. The van der Waals surface area contributed by atoms with Crippen molar-refractivity contribution in [1.82, 2.24) is 9.55 Å². The first-order valence-electron chi connectivity index (χ1n) is 5.26. The van der Waals surface area contributed by atoms with Crippen LogP contribution in [0.4, 0.5) is 4.39 Å². The zero-order valence-electron chi connectivity index (χ0n) is 9.16. The fourth-order valence-corrected chi connectivity index (χ4v) is 1.41. The Kier molecular flexibility index (Phi) is 3.72. The molecule has 1 aromatic carbocycles. The maximum Gasteiger partial charge on any atom is 0.123 e. The van der Waals surface area contributed by atoms with E-state index in [9.17, 15) is 9.50 Å². The van der Waals surface area contributed by atoms with Gasteiger partial charge in [0, 0.05) is 12.4 Å². The van der Waals surface area contributed by atoms with Crippen LogP contribution in [-0.4, -0.2) is 27.4 Å². The van der Waals surface area contributed by atoms with Crippen molar-refractivity contribution >= 4 is 0 Å². The fourth-order valence-electron chi connectivity index (χ4n) is 1.41. The van der Waals surface area contributed by atoms with Crippen LogP contribution in [-0.2, 0) is 6.54 Å². The monoisotopic (exact) mass is 236 g/mol. The van der Waals surface area contributed by atoms with Crippen LogP contribution >= 0.6 is 0 Å². The number of ether oxygens (including phenoxy) is 1. The van der Waals surface area contributed by atoms with Crippen LogP contribution in [0.1, 0.15) is 0 Å². The minimum atomic E-state index is -0.630. The van der Waals surface area contributed by atoms with Crippen LogP contribution in [0.3, 0.4) is 0 Å². The number of rotatable bonds is 5. The molecule has 0 unspecified atom stereocenters. The highest BCUT2D eigenvalue weighted by Crippen LogP contribution is 2.11. The second kappa shape index (κ2) is 5.45. The van der Waals surface area contributed by atoms with Gasteiger partial charge in [0.05, 0.1) is 12.9 Å². The van der Waals surface area contributed by atoms with Crippen molar-refractivity contribution in [2.24, 2.45) is 0 Å². The van der Waals surface area contributed by atoms with Crippen LogP contribution in [0.15, 0.2) is 43.0 Å². The molecule has 2 aromatic rings. The van der Waals surface area contributed by atoms with Gasteiger partial charge in [-0.15, -0.1) is 0 Å². The van der Waals surface area contributed by atoms with E-state index in [1.54, 1.807) is 23.3 Å². The summed E-state index contributed by atoms with van der Waals surface area (Å²) >= 11 is 0. The Labute approximate surface area is 98.3 Å². The van der Waals surface area contributed by atoms with E-state index in [4.69, 9.17) is 4.74 Å². The van der Waals surface area contributed by atoms with Crippen LogP contribution in [0.2, 0.25) is 0 Å². The number of hydrogen-bond donors (Lipinski definition) is 1. The van der Waals surface area contributed by atoms with E-state index in [1.807, 2.05) is 0 Å². The Bertz CT molecular complexity index is 442. The highest BCUT2D eigenvalue weighted by Gasteiger charge is 2.06. The molecule has 1 aromatic heterocycles. The van der Waals surface area contributed by atoms with E-state index in [0.29, 0.717) is 12.3 Å². The zero-order chi connectivity index (χ0) is 12.1. The summed E-state index contributed by atoms with van der Waals surface area (Å²) in [5.74, 6) is 0.229. The fraction of sp³-hybridized carbons (Fsp3) is 0.250. The minimum Gasteiger partial charge on any atom is -0.491 e. The molecule has 17 heavy (non-hydrogen) atoms. The summed E-state index contributed by atoms with van der Waals surface area (Å²) in [6.07, 6.45) is 4.41. The Hall–Kier alpha value is -1.88. The zero-order valence-corrected chi connectivity index (χ0v) is 9.16. The predicted octanol–water partition coefficient (Wildman–Crippen LogP) is 1.46. The highest BCUT2D eigenvalue weighted by atomic mass is 19.1. The van der Waals surface area contributed by atoms with Gasteiger partial charge >= 0.3 is 0 Å². The molecule has 0 aliphatic rings. The minimum absolute atomic E-state index is 0.157. The van der Waals surface area contributed by atoms with Gasteiger partial charge in [0.15, 0.2) is 0 Å². The lowest BCUT2D eigenvalue weighted by Crippen LogP contribution is -2.22. The highest BCUT2D eigenvalue weighted by molar-refractivity contribution is 5.22. The van der Waals surface area contributed by atoms with E-state index >= 15 is 0 Å². The van der Waals surface area contributed by atoms with E-state index in [0.717, 1.165) is 0 Å². The van der Waals surface area contributed by atoms with Crippen molar-refractivity contribution in [3.05, 3.63) is 48.8 Å². The van der Waals surface area contributed by atoms with Crippen molar-refractivity contribution < 1.29 is 14.2 Å². The standard InChI is InChI=1S/C12H13FN2O2/c13-10-1-3-12(4-2-10)17-8-11(16)7-15-6-5-14-9-15/h1-6,9,11,16H,7-8H2/t11-/m0/s1. The van der Waals surface area contributed by atoms with Gasteiger partial charge in [-0.1, -0.05) is 0 Å².